The highest BCUT2D eigenvalue weighted by Crippen LogP contribution is 2.29. The lowest BCUT2D eigenvalue weighted by atomic mass is 9.93. The fraction of sp³-hybridized carbons (Fsp3) is 0.690. The van der Waals surface area contributed by atoms with Crippen molar-refractivity contribution in [2.24, 2.45) is 5.92 Å². The van der Waals surface area contributed by atoms with E-state index in [2.05, 4.69) is 27.9 Å². The molecule has 1 aromatic rings. The summed E-state index contributed by atoms with van der Waals surface area (Å²) in [5.41, 5.74) is -0.00369. The topological polar surface area (TPSA) is 130 Å². The maximum Gasteiger partial charge on any atom is 0.243 e. The van der Waals surface area contributed by atoms with Gasteiger partial charge >= 0.3 is 0 Å². The predicted octanol–water partition coefficient (Wildman–Crippen LogP) is 3.25. The fourth-order valence-electron chi connectivity index (χ4n) is 4.31. The molecule has 0 aliphatic carbocycles. The van der Waals surface area contributed by atoms with E-state index < -0.39 is 35.5 Å². The molecule has 0 aromatic carbocycles. The van der Waals surface area contributed by atoms with E-state index in [1.54, 1.807) is 31.5 Å². The number of ketones is 1. The van der Waals surface area contributed by atoms with Crippen molar-refractivity contribution in [3.05, 3.63) is 30.1 Å². The molecule has 2 heterocycles. The summed E-state index contributed by atoms with van der Waals surface area (Å²) in [6.45, 7) is 10.1. The van der Waals surface area contributed by atoms with Gasteiger partial charge in [0.25, 0.3) is 0 Å². The number of amides is 3. The average Bonchev–Trinajstić information content (AvgIpc) is 3.63. The second-order valence-electron chi connectivity index (χ2n) is 10.9. The molecule has 0 bridgehead atoms. The second-order valence-corrected chi connectivity index (χ2v) is 10.9. The Bertz CT molecular complexity index is 917. The molecule has 0 radical (unpaired) electrons. The van der Waals surface area contributed by atoms with Crippen LogP contribution < -0.4 is 16.0 Å². The minimum absolute atomic E-state index is 0.143. The van der Waals surface area contributed by atoms with Gasteiger partial charge in [0.05, 0.1) is 12.6 Å². The SMILES string of the molecule is CCCCCC(=O)NC(Cc1ccncc1)C(=O)NC(CCCC)C(=O)NC(CC(C)C)C(=O)C1(C)CO1. The number of nitrogens with zero attached hydrogens (tertiary/aromatic N) is 1. The summed E-state index contributed by atoms with van der Waals surface area (Å²) in [4.78, 5) is 56.5. The van der Waals surface area contributed by atoms with Gasteiger partial charge in [0.2, 0.25) is 17.7 Å². The molecule has 3 N–H and O–H groups in total. The third-order valence-corrected chi connectivity index (χ3v) is 6.77. The number of ether oxygens (including phenoxy) is 1. The first kappa shape index (κ1) is 31.4. The van der Waals surface area contributed by atoms with Crippen molar-refractivity contribution < 1.29 is 23.9 Å². The second kappa shape index (κ2) is 15.6. The molecule has 1 aromatic heterocycles. The van der Waals surface area contributed by atoms with Crippen LogP contribution >= 0.6 is 0 Å². The van der Waals surface area contributed by atoms with E-state index >= 15 is 0 Å². The van der Waals surface area contributed by atoms with E-state index in [1.807, 2.05) is 20.8 Å². The predicted molar refractivity (Wildman–Crippen MR) is 146 cm³/mol. The van der Waals surface area contributed by atoms with Gasteiger partial charge in [0.15, 0.2) is 5.78 Å². The summed E-state index contributed by atoms with van der Waals surface area (Å²) >= 11 is 0. The summed E-state index contributed by atoms with van der Waals surface area (Å²) in [7, 11) is 0. The molecule has 212 valence electrons. The van der Waals surface area contributed by atoms with Gasteiger partial charge < -0.3 is 20.7 Å². The molecule has 38 heavy (non-hydrogen) atoms. The van der Waals surface area contributed by atoms with Gasteiger partial charge in [0, 0.05) is 25.2 Å². The molecule has 4 atom stereocenters. The van der Waals surface area contributed by atoms with Gasteiger partial charge in [0.1, 0.15) is 17.7 Å². The molecule has 0 spiro atoms. The Hall–Kier alpha value is -2.81. The smallest absolute Gasteiger partial charge is 0.243 e. The van der Waals surface area contributed by atoms with E-state index in [1.165, 1.54) is 0 Å². The zero-order chi connectivity index (χ0) is 28.1. The van der Waals surface area contributed by atoms with Crippen molar-refractivity contribution in [3.63, 3.8) is 0 Å². The van der Waals surface area contributed by atoms with Gasteiger partial charge in [-0.3, -0.25) is 24.2 Å². The molecule has 2 rings (SSSR count). The maximum absolute atomic E-state index is 13.4. The van der Waals surface area contributed by atoms with Crippen LogP contribution in [0, 0.1) is 5.92 Å². The van der Waals surface area contributed by atoms with E-state index in [9.17, 15) is 19.2 Å². The number of pyridine rings is 1. The number of hydrogen-bond donors (Lipinski definition) is 3. The average molecular weight is 531 g/mol. The van der Waals surface area contributed by atoms with E-state index in [0.29, 0.717) is 25.9 Å². The fourth-order valence-corrected chi connectivity index (χ4v) is 4.31. The van der Waals surface area contributed by atoms with Crippen molar-refractivity contribution in [1.82, 2.24) is 20.9 Å². The van der Waals surface area contributed by atoms with Crippen LogP contribution in [0.5, 0.6) is 0 Å². The Labute approximate surface area is 227 Å². The number of hydrogen-bond acceptors (Lipinski definition) is 6. The minimum Gasteiger partial charge on any atom is -0.361 e. The molecule has 4 unspecified atom stereocenters. The van der Waals surface area contributed by atoms with Crippen LogP contribution in [0.2, 0.25) is 0 Å². The molecule has 9 nitrogen and oxygen atoms in total. The highest BCUT2D eigenvalue weighted by molar-refractivity contribution is 5.98. The summed E-state index contributed by atoms with van der Waals surface area (Å²) in [5.74, 6) is -0.974. The number of epoxide rings is 1. The molecule has 1 fully saturated rings. The summed E-state index contributed by atoms with van der Waals surface area (Å²) in [6, 6.07) is 1.24. The lowest BCUT2D eigenvalue weighted by Crippen LogP contribution is -2.57. The van der Waals surface area contributed by atoms with Crippen molar-refractivity contribution in [1.29, 1.82) is 0 Å². The molecular formula is C29H46N4O5. The van der Waals surface area contributed by atoms with Crippen LogP contribution in [-0.4, -0.2) is 58.8 Å². The van der Waals surface area contributed by atoms with Gasteiger partial charge in [-0.15, -0.1) is 0 Å². The number of unbranched alkanes of at least 4 members (excludes halogenated alkanes) is 3. The van der Waals surface area contributed by atoms with Crippen LogP contribution in [0.4, 0.5) is 0 Å². The van der Waals surface area contributed by atoms with Gasteiger partial charge in [-0.2, -0.15) is 0 Å². The normalized spacial score (nSPS) is 18.8. The van der Waals surface area contributed by atoms with Crippen LogP contribution in [0.3, 0.4) is 0 Å². The molecular weight excluding hydrogens is 484 g/mol. The van der Waals surface area contributed by atoms with Crippen LogP contribution in [-0.2, 0) is 30.3 Å². The first-order valence-corrected chi connectivity index (χ1v) is 14.1. The summed E-state index contributed by atoms with van der Waals surface area (Å²) < 4.78 is 5.34. The number of Topliss-reactive ketones (excluding diaryl/α,β-unsaturated/α-hetero) is 1. The lowest BCUT2D eigenvalue weighted by Gasteiger charge is -2.26. The van der Waals surface area contributed by atoms with Crippen LogP contribution in [0.15, 0.2) is 24.5 Å². The van der Waals surface area contributed by atoms with Crippen LogP contribution in [0.25, 0.3) is 0 Å². The van der Waals surface area contributed by atoms with E-state index in [-0.39, 0.29) is 24.0 Å². The van der Waals surface area contributed by atoms with Crippen molar-refractivity contribution in [3.8, 4) is 0 Å². The van der Waals surface area contributed by atoms with Crippen molar-refractivity contribution >= 4 is 23.5 Å². The first-order valence-electron chi connectivity index (χ1n) is 14.1. The van der Waals surface area contributed by atoms with Crippen LogP contribution in [0.1, 0.15) is 91.5 Å². The molecule has 0 saturated carbocycles. The molecule has 1 aliphatic rings. The molecule has 3 amide bonds. The molecule has 1 saturated heterocycles. The highest BCUT2D eigenvalue weighted by Gasteiger charge is 2.50. The zero-order valence-corrected chi connectivity index (χ0v) is 23.7. The van der Waals surface area contributed by atoms with Crippen molar-refractivity contribution in [2.75, 3.05) is 6.61 Å². The van der Waals surface area contributed by atoms with Crippen molar-refractivity contribution in [2.45, 2.75) is 116 Å². The summed E-state index contributed by atoms with van der Waals surface area (Å²) in [5, 5.41) is 8.63. The monoisotopic (exact) mass is 530 g/mol. The maximum atomic E-state index is 13.4. The standard InChI is InChI=1S/C29H46N4O5/c1-6-8-10-12-25(34)31-24(18-21-13-15-30-16-14-21)28(37)32-22(11-9-7-2)27(36)33-23(17-20(3)4)26(35)29(5)19-38-29/h13-16,20,22-24H,6-12,17-19H2,1-5H3,(H,31,34)(H,32,37)(H,33,36). The third-order valence-electron chi connectivity index (χ3n) is 6.77. The van der Waals surface area contributed by atoms with Gasteiger partial charge in [-0.05, 0) is 49.8 Å². The van der Waals surface area contributed by atoms with E-state index in [4.69, 9.17) is 4.74 Å². The Morgan fingerprint density at radius 3 is 2.11 bits per heavy atom. The minimum atomic E-state index is -0.854. The summed E-state index contributed by atoms with van der Waals surface area (Å²) in [6.07, 6.45) is 9.06. The van der Waals surface area contributed by atoms with Gasteiger partial charge in [-0.1, -0.05) is 53.4 Å². The van der Waals surface area contributed by atoms with Gasteiger partial charge in [-0.25, -0.2) is 0 Å². The third kappa shape index (κ3) is 10.5. The lowest BCUT2D eigenvalue weighted by molar-refractivity contribution is -0.134. The number of aromatic nitrogens is 1. The Balaban J connectivity index is 2.16. The Morgan fingerprint density at radius 1 is 0.921 bits per heavy atom. The molecule has 9 heteroatoms. The zero-order valence-electron chi connectivity index (χ0n) is 23.7. The number of nitrogens with one attached hydrogen (secondary N) is 3. The Kier molecular flexibility index (Phi) is 12.9. The quantitative estimate of drug-likeness (QED) is 0.197. The first-order chi connectivity index (χ1) is 18.1. The number of carbonyl (C=O) groups excluding carboxylic acids is 4. The van der Waals surface area contributed by atoms with E-state index in [0.717, 1.165) is 37.7 Å². The Morgan fingerprint density at radius 2 is 1.53 bits per heavy atom. The largest absolute Gasteiger partial charge is 0.361 e. The number of rotatable bonds is 18. The highest BCUT2D eigenvalue weighted by atomic mass is 16.6. The number of carbonyl (C=O) groups is 4. The molecule has 1 aliphatic heterocycles.